The van der Waals surface area contributed by atoms with Crippen LogP contribution in [0.4, 0.5) is 0 Å². The van der Waals surface area contributed by atoms with Crippen LogP contribution in [0.3, 0.4) is 0 Å². The van der Waals surface area contributed by atoms with Crippen LogP contribution in [0.5, 0.6) is 0 Å². The number of aryl methyl sites for hydroxylation is 4. The molecule has 0 fully saturated rings. The molecule has 3 aromatic rings. The highest BCUT2D eigenvalue weighted by molar-refractivity contribution is 5.95. The molecule has 0 aliphatic heterocycles. The van der Waals surface area contributed by atoms with Gasteiger partial charge < -0.3 is 5.32 Å². The van der Waals surface area contributed by atoms with Gasteiger partial charge in [-0.15, -0.1) is 0 Å². The van der Waals surface area contributed by atoms with E-state index in [-0.39, 0.29) is 11.9 Å². The molecule has 0 saturated carbocycles. The van der Waals surface area contributed by atoms with Gasteiger partial charge in [-0.1, -0.05) is 66.7 Å². The van der Waals surface area contributed by atoms with Crippen molar-refractivity contribution in [1.29, 1.82) is 0 Å². The molecule has 0 aliphatic rings. The van der Waals surface area contributed by atoms with Crippen LogP contribution in [0, 0.1) is 13.8 Å². The lowest BCUT2D eigenvalue weighted by Crippen LogP contribution is -2.27. The van der Waals surface area contributed by atoms with Crippen LogP contribution in [0.15, 0.2) is 72.8 Å². The van der Waals surface area contributed by atoms with E-state index in [0.717, 1.165) is 29.5 Å². The molecule has 138 valence electrons. The molecule has 27 heavy (non-hydrogen) atoms. The van der Waals surface area contributed by atoms with Crippen molar-refractivity contribution in [3.8, 4) is 0 Å². The van der Waals surface area contributed by atoms with Gasteiger partial charge in [0.05, 0.1) is 6.04 Å². The predicted octanol–water partition coefficient (Wildman–Crippen LogP) is 5.58. The Hall–Kier alpha value is -2.87. The lowest BCUT2D eigenvalue weighted by atomic mass is 9.98. The van der Waals surface area contributed by atoms with Gasteiger partial charge in [0, 0.05) is 5.56 Å². The third kappa shape index (κ3) is 4.85. The number of rotatable bonds is 6. The minimum atomic E-state index is -0.0287. The first-order chi connectivity index (χ1) is 13.0. The number of carbonyl (C=O) groups is 1. The molecule has 3 rings (SSSR count). The summed E-state index contributed by atoms with van der Waals surface area (Å²) >= 11 is 0. The maximum absolute atomic E-state index is 12.9. The average molecular weight is 357 g/mol. The number of hydrogen-bond donors (Lipinski definition) is 1. The molecule has 0 aliphatic carbocycles. The first kappa shape index (κ1) is 18.9. The van der Waals surface area contributed by atoms with Gasteiger partial charge in [0.1, 0.15) is 0 Å². The molecule has 0 spiro atoms. The van der Waals surface area contributed by atoms with Gasteiger partial charge >= 0.3 is 0 Å². The van der Waals surface area contributed by atoms with Crippen molar-refractivity contribution in [3.05, 3.63) is 106 Å². The van der Waals surface area contributed by atoms with Crippen LogP contribution in [0.2, 0.25) is 0 Å². The average Bonchev–Trinajstić information content (AvgIpc) is 2.69. The molecule has 1 amide bonds. The zero-order chi connectivity index (χ0) is 19.2. The van der Waals surface area contributed by atoms with Gasteiger partial charge in [-0.25, -0.2) is 0 Å². The Bertz CT molecular complexity index is 915. The Kier molecular flexibility index (Phi) is 6.08. The van der Waals surface area contributed by atoms with E-state index in [2.05, 4.69) is 67.7 Å². The smallest absolute Gasteiger partial charge is 0.252 e. The van der Waals surface area contributed by atoms with E-state index in [1.807, 2.05) is 31.2 Å². The second-order valence-corrected chi connectivity index (χ2v) is 7.18. The summed E-state index contributed by atoms with van der Waals surface area (Å²) in [6.45, 7) is 6.24. The van der Waals surface area contributed by atoms with Crippen molar-refractivity contribution in [2.24, 2.45) is 0 Å². The van der Waals surface area contributed by atoms with Crippen LogP contribution in [0.25, 0.3) is 0 Å². The number of hydrogen-bond acceptors (Lipinski definition) is 1. The molecule has 2 heteroatoms. The molecular weight excluding hydrogens is 330 g/mol. The number of amides is 1. The first-order valence-electron chi connectivity index (χ1n) is 9.54. The monoisotopic (exact) mass is 357 g/mol. The number of carbonyl (C=O) groups excluding carboxylic acids is 1. The highest BCUT2D eigenvalue weighted by atomic mass is 16.1. The third-order valence-corrected chi connectivity index (χ3v) is 5.17. The summed E-state index contributed by atoms with van der Waals surface area (Å²) in [7, 11) is 0. The molecule has 0 unspecified atom stereocenters. The standard InChI is InChI=1S/C25H27NO/c1-18-13-15-23(17-19(18)2)20(3)26-25(27)24-12-8-7-11-22(24)16-14-21-9-5-4-6-10-21/h4-13,15,17,20H,14,16H2,1-3H3,(H,26,27)/t20-/m0/s1. The summed E-state index contributed by atoms with van der Waals surface area (Å²) in [5.74, 6) is -0.00982. The first-order valence-corrected chi connectivity index (χ1v) is 9.54. The van der Waals surface area contributed by atoms with Crippen molar-refractivity contribution >= 4 is 5.91 Å². The largest absolute Gasteiger partial charge is 0.346 e. The predicted molar refractivity (Wildman–Crippen MR) is 112 cm³/mol. The van der Waals surface area contributed by atoms with Crippen molar-refractivity contribution in [3.63, 3.8) is 0 Å². The minimum Gasteiger partial charge on any atom is -0.346 e. The molecular formula is C25H27NO. The maximum atomic E-state index is 12.9. The molecule has 2 nitrogen and oxygen atoms in total. The highest BCUT2D eigenvalue weighted by Crippen LogP contribution is 2.19. The van der Waals surface area contributed by atoms with Gasteiger partial charge in [-0.2, -0.15) is 0 Å². The normalized spacial score (nSPS) is 11.8. The molecule has 0 heterocycles. The van der Waals surface area contributed by atoms with E-state index >= 15 is 0 Å². The minimum absolute atomic E-state index is 0.00982. The second kappa shape index (κ2) is 8.68. The van der Waals surface area contributed by atoms with E-state index in [1.165, 1.54) is 16.7 Å². The number of benzene rings is 3. The Morgan fingerprint density at radius 1 is 0.852 bits per heavy atom. The van der Waals surface area contributed by atoms with E-state index < -0.39 is 0 Å². The van der Waals surface area contributed by atoms with Crippen LogP contribution < -0.4 is 5.32 Å². The van der Waals surface area contributed by atoms with E-state index in [1.54, 1.807) is 0 Å². The van der Waals surface area contributed by atoms with Gasteiger partial charge in [0.2, 0.25) is 0 Å². The van der Waals surface area contributed by atoms with E-state index in [0.29, 0.717) is 0 Å². The summed E-state index contributed by atoms with van der Waals surface area (Å²) in [6.07, 6.45) is 1.78. The van der Waals surface area contributed by atoms with Gasteiger partial charge in [0.15, 0.2) is 0 Å². The Morgan fingerprint density at radius 3 is 2.30 bits per heavy atom. The van der Waals surface area contributed by atoms with Crippen LogP contribution in [-0.2, 0) is 12.8 Å². The summed E-state index contributed by atoms with van der Waals surface area (Å²) < 4.78 is 0. The van der Waals surface area contributed by atoms with Gasteiger partial charge in [-0.05, 0) is 67.5 Å². The molecule has 1 atom stereocenters. The fourth-order valence-corrected chi connectivity index (χ4v) is 3.28. The Labute approximate surface area is 162 Å². The van der Waals surface area contributed by atoms with Crippen LogP contribution in [0.1, 0.15) is 51.1 Å². The summed E-state index contributed by atoms with van der Waals surface area (Å²) in [5.41, 5.74) is 6.79. The van der Waals surface area contributed by atoms with Crippen LogP contribution in [-0.4, -0.2) is 5.91 Å². The van der Waals surface area contributed by atoms with Crippen molar-refractivity contribution in [1.82, 2.24) is 5.32 Å². The van der Waals surface area contributed by atoms with Gasteiger partial charge in [0.25, 0.3) is 5.91 Å². The molecule has 0 aromatic heterocycles. The summed E-state index contributed by atoms with van der Waals surface area (Å²) in [4.78, 5) is 12.9. The number of nitrogens with one attached hydrogen (secondary N) is 1. The topological polar surface area (TPSA) is 29.1 Å². The fraction of sp³-hybridized carbons (Fsp3) is 0.240. The van der Waals surface area contributed by atoms with Gasteiger partial charge in [-0.3, -0.25) is 4.79 Å². The highest BCUT2D eigenvalue weighted by Gasteiger charge is 2.15. The fourth-order valence-electron chi connectivity index (χ4n) is 3.28. The lowest BCUT2D eigenvalue weighted by Gasteiger charge is -2.17. The summed E-state index contributed by atoms with van der Waals surface area (Å²) in [6, 6.07) is 24.6. The Balaban J connectivity index is 1.71. The maximum Gasteiger partial charge on any atom is 0.252 e. The zero-order valence-electron chi connectivity index (χ0n) is 16.3. The SMILES string of the molecule is Cc1ccc([C@H](C)NC(=O)c2ccccc2CCc2ccccc2)cc1C. The van der Waals surface area contributed by atoms with Crippen LogP contribution >= 0.6 is 0 Å². The third-order valence-electron chi connectivity index (χ3n) is 5.17. The van der Waals surface area contributed by atoms with E-state index in [9.17, 15) is 4.79 Å². The molecule has 3 aromatic carbocycles. The summed E-state index contributed by atoms with van der Waals surface area (Å²) in [5, 5.41) is 3.16. The second-order valence-electron chi connectivity index (χ2n) is 7.18. The molecule has 1 N–H and O–H groups in total. The quantitative estimate of drug-likeness (QED) is 0.613. The Morgan fingerprint density at radius 2 is 1.56 bits per heavy atom. The zero-order valence-corrected chi connectivity index (χ0v) is 16.3. The molecule has 0 radical (unpaired) electrons. The van der Waals surface area contributed by atoms with Crippen molar-refractivity contribution < 1.29 is 4.79 Å². The van der Waals surface area contributed by atoms with Crippen molar-refractivity contribution in [2.75, 3.05) is 0 Å². The van der Waals surface area contributed by atoms with Crippen molar-refractivity contribution in [2.45, 2.75) is 39.7 Å². The van der Waals surface area contributed by atoms with E-state index in [4.69, 9.17) is 0 Å². The molecule has 0 saturated heterocycles. The lowest BCUT2D eigenvalue weighted by molar-refractivity contribution is 0.0939. The molecule has 0 bridgehead atoms.